The number of nitriles is 1. The number of hydrogen-bond acceptors (Lipinski definition) is 14. The minimum atomic E-state index is -3.79. The van der Waals surface area contributed by atoms with Gasteiger partial charge in [-0.1, -0.05) is 18.2 Å². The van der Waals surface area contributed by atoms with Gasteiger partial charge in [0.15, 0.2) is 9.84 Å². The number of carboxylic acid groups (broad SMARTS) is 3. The molecule has 0 spiro atoms. The molecule has 0 bridgehead atoms. The van der Waals surface area contributed by atoms with Gasteiger partial charge in [0.1, 0.15) is 6.04 Å². The summed E-state index contributed by atoms with van der Waals surface area (Å²) in [5, 5.41) is 43.1. The topological polar surface area (TPSA) is 274 Å². The van der Waals surface area contributed by atoms with Gasteiger partial charge in [0.2, 0.25) is 11.8 Å². The minimum Gasteiger partial charge on any atom is -0.480 e. The number of benzene rings is 2. The van der Waals surface area contributed by atoms with Gasteiger partial charge >= 0.3 is 17.9 Å². The average Bonchev–Trinajstić information content (AvgIpc) is 3.58. The summed E-state index contributed by atoms with van der Waals surface area (Å²) in [5.74, 6) is -8.61. The number of rotatable bonds is 17. The Morgan fingerprint density at radius 1 is 0.754 bits per heavy atom. The third-order valence-electron chi connectivity index (χ3n) is 11.0. The van der Waals surface area contributed by atoms with Gasteiger partial charge < -0.3 is 30.9 Å². The van der Waals surface area contributed by atoms with E-state index in [-0.39, 0.29) is 108 Å². The van der Waals surface area contributed by atoms with Crippen LogP contribution in [-0.2, 0) is 33.8 Å². The molecule has 2 fully saturated rings. The van der Waals surface area contributed by atoms with Gasteiger partial charge in [-0.05, 0) is 47.9 Å². The van der Waals surface area contributed by atoms with Gasteiger partial charge in [-0.3, -0.25) is 53.4 Å². The average molecular weight is 928 g/mol. The molecule has 5 rings (SSSR count). The van der Waals surface area contributed by atoms with E-state index in [0.29, 0.717) is 22.0 Å². The van der Waals surface area contributed by atoms with Crippen molar-refractivity contribution in [3.05, 3.63) is 60.3 Å². The molecular formula is C42H51F2N9O11S. The number of aliphatic carboxylic acids is 3. The van der Waals surface area contributed by atoms with Gasteiger partial charge in [-0.2, -0.15) is 5.26 Å². The highest BCUT2D eigenvalue weighted by Gasteiger charge is 2.47. The molecule has 65 heavy (non-hydrogen) atoms. The van der Waals surface area contributed by atoms with Gasteiger partial charge in [-0.25, -0.2) is 17.2 Å². The Bertz CT molecular complexity index is 2350. The second-order valence-electron chi connectivity index (χ2n) is 15.8. The highest BCUT2D eigenvalue weighted by molar-refractivity contribution is 7.91. The first-order valence-electron chi connectivity index (χ1n) is 20.7. The van der Waals surface area contributed by atoms with Crippen LogP contribution in [0.4, 0.5) is 8.78 Å². The summed E-state index contributed by atoms with van der Waals surface area (Å²) in [5.41, 5.74) is 1.82. The Hall–Kier alpha value is -6.19. The molecule has 350 valence electrons. The minimum absolute atomic E-state index is 0.0312. The van der Waals surface area contributed by atoms with Crippen molar-refractivity contribution in [2.45, 2.75) is 29.7 Å². The lowest BCUT2D eigenvalue weighted by atomic mass is 10.0. The summed E-state index contributed by atoms with van der Waals surface area (Å²) in [4.78, 5) is 85.2. The zero-order valence-corrected chi connectivity index (χ0v) is 36.2. The number of aromatic nitrogens is 1. The van der Waals surface area contributed by atoms with E-state index < -0.39 is 76.9 Å². The molecule has 1 atom stereocenters. The van der Waals surface area contributed by atoms with Crippen LogP contribution in [0.25, 0.3) is 22.0 Å². The third-order valence-corrected chi connectivity index (χ3v) is 12.8. The van der Waals surface area contributed by atoms with Crippen molar-refractivity contribution in [2.24, 2.45) is 0 Å². The summed E-state index contributed by atoms with van der Waals surface area (Å²) < 4.78 is 54.3. The zero-order chi connectivity index (χ0) is 47.3. The van der Waals surface area contributed by atoms with Crippen LogP contribution in [0.15, 0.2) is 59.6 Å². The fraction of sp³-hybridized carbons (Fsp3) is 0.476. The Kier molecular flexibility index (Phi) is 17.3. The molecule has 0 aliphatic carbocycles. The van der Waals surface area contributed by atoms with Crippen molar-refractivity contribution in [1.29, 1.82) is 5.26 Å². The summed E-state index contributed by atoms with van der Waals surface area (Å²) in [7, 11) is -3.79. The van der Waals surface area contributed by atoms with E-state index in [9.17, 15) is 66.5 Å². The van der Waals surface area contributed by atoms with E-state index in [2.05, 4.69) is 15.6 Å². The molecule has 2 aromatic carbocycles. The quantitative estimate of drug-likeness (QED) is 0.113. The number of carboxylic acids is 3. The number of nitrogens with one attached hydrogen (secondary N) is 2. The number of likely N-dealkylation sites (tertiary alicyclic amines) is 1. The van der Waals surface area contributed by atoms with E-state index in [0.717, 1.165) is 4.90 Å². The molecule has 2 saturated heterocycles. The summed E-state index contributed by atoms with van der Waals surface area (Å²) in [6.07, 6.45) is 0.702. The number of fused-ring (bicyclic) bond motifs is 1. The lowest BCUT2D eigenvalue weighted by Crippen LogP contribution is -2.49. The summed E-state index contributed by atoms with van der Waals surface area (Å²) >= 11 is 0. The number of hydrogen-bond donors (Lipinski definition) is 5. The van der Waals surface area contributed by atoms with Crippen LogP contribution in [0.1, 0.15) is 23.2 Å². The molecule has 0 saturated carbocycles. The number of pyridine rings is 1. The number of halogens is 2. The van der Waals surface area contributed by atoms with Crippen molar-refractivity contribution in [2.75, 3.05) is 104 Å². The predicted octanol–water partition coefficient (Wildman–Crippen LogP) is 0.147. The predicted molar refractivity (Wildman–Crippen MR) is 229 cm³/mol. The second-order valence-corrected chi connectivity index (χ2v) is 17.9. The SMILES string of the molecule is N#C[C@@H]1CC(F)(F)CN1C(=O)CNC(=O)c1ccnc2ccc(-c3ccc(S(=O)(=O)CCCNC(=O)CN4CCN(CC(=O)O)CCN(CC(=O)O)CCN(CC(=O)O)CC4)cc3)cc12. The fourth-order valence-electron chi connectivity index (χ4n) is 7.58. The number of carbonyl (C=O) groups excluding carboxylic acids is 3. The van der Waals surface area contributed by atoms with E-state index in [1.807, 2.05) is 0 Å². The lowest BCUT2D eigenvalue weighted by molar-refractivity contribution is -0.140. The maximum Gasteiger partial charge on any atom is 0.317 e. The molecule has 3 amide bonds. The van der Waals surface area contributed by atoms with E-state index >= 15 is 0 Å². The third kappa shape index (κ3) is 14.9. The zero-order valence-electron chi connectivity index (χ0n) is 35.4. The van der Waals surface area contributed by atoms with E-state index in [4.69, 9.17) is 0 Å². The molecular weight excluding hydrogens is 877 g/mol. The number of carbonyl (C=O) groups is 6. The smallest absolute Gasteiger partial charge is 0.317 e. The van der Waals surface area contributed by atoms with Crippen LogP contribution in [0.3, 0.4) is 0 Å². The molecule has 0 unspecified atom stereocenters. The Balaban J connectivity index is 1.15. The van der Waals surface area contributed by atoms with Crippen LogP contribution in [0, 0.1) is 11.3 Å². The molecule has 1 aromatic heterocycles. The van der Waals surface area contributed by atoms with E-state index in [1.165, 1.54) is 24.4 Å². The molecule has 2 aliphatic heterocycles. The van der Waals surface area contributed by atoms with Gasteiger partial charge in [0.25, 0.3) is 11.8 Å². The number of alkyl halides is 2. The standard InChI is InChI=1S/C42H51F2N9O11S/c43-42(44)21-31(22-45)53(28-42)37(55)23-48-41(62)33-8-10-46-35-7-4-30(20-34(33)35)29-2-5-32(6-3-29)65(63,64)19-1-9-47-36(54)24-49-11-13-50(25-38(56)57)15-17-52(27-40(60)61)18-16-51(14-12-49)26-39(58)59/h2-8,10,20,31H,1,9,11-19,21,23-28H2,(H,47,54)(H,48,62)(H,56,57)(H,58,59)(H,60,61)/t31-/m0/s1. The molecule has 23 heteroatoms. The van der Waals surface area contributed by atoms with Gasteiger partial charge in [-0.15, -0.1) is 0 Å². The summed E-state index contributed by atoms with van der Waals surface area (Å²) in [6, 6.07) is 13.0. The van der Waals surface area contributed by atoms with Crippen molar-refractivity contribution in [3.63, 3.8) is 0 Å². The first kappa shape index (κ1) is 49.8. The molecule has 2 aliphatic rings. The molecule has 5 N–H and O–H groups in total. The summed E-state index contributed by atoms with van der Waals surface area (Å²) in [6.45, 7) is -0.637. The van der Waals surface area contributed by atoms with Crippen LogP contribution in [-0.4, -0.2) is 205 Å². The monoisotopic (exact) mass is 927 g/mol. The van der Waals surface area contributed by atoms with Crippen molar-refractivity contribution in [1.82, 2.24) is 40.1 Å². The molecule has 0 radical (unpaired) electrons. The largest absolute Gasteiger partial charge is 0.480 e. The number of nitrogens with zero attached hydrogens (tertiary/aromatic N) is 7. The normalized spacial score (nSPS) is 18.2. The van der Waals surface area contributed by atoms with Crippen molar-refractivity contribution in [3.8, 4) is 17.2 Å². The Labute approximate surface area is 373 Å². The van der Waals surface area contributed by atoms with Gasteiger partial charge in [0.05, 0.1) is 67.1 Å². The van der Waals surface area contributed by atoms with Crippen molar-refractivity contribution < 1.29 is 61.3 Å². The number of amides is 3. The highest BCUT2D eigenvalue weighted by Crippen LogP contribution is 2.32. The fourth-order valence-corrected chi connectivity index (χ4v) is 8.89. The lowest BCUT2D eigenvalue weighted by Gasteiger charge is -2.32. The van der Waals surface area contributed by atoms with Gasteiger partial charge in [0, 0.05) is 76.9 Å². The maximum absolute atomic E-state index is 13.9. The van der Waals surface area contributed by atoms with Crippen LogP contribution < -0.4 is 10.6 Å². The maximum atomic E-state index is 13.9. The Morgan fingerprint density at radius 2 is 1.28 bits per heavy atom. The highest BCUT2D eigenvalue weighted by atomic mass is 32.2. The Morgan fingerprint density at radius 3 is 1.80 bits per heavy atom. The first-order valence-corrected chi connectivity index (χ1v) is 22.4. The van der Waals surface area contributed by atoms with Crippen LogP contribution in [0.5, 0.6) is 0 Å². The molecule has 3 aromatic rings. The number of sulfone groups is 1. The molecule has 3 heterocycles. The van der Waals surface area contributed by atoms with Crippen LogP contribution >= 0.6 is 0 Å². The molecule has 20 nitrogen and oxygen atoms in total. The van der Waals surface area contributed by atoms with E-state index in [1.54, 1.807) is 56.0 Å². The first-order chi connectivity index (χ1) is 30.8. The van der Waals surface area contributed by atoms with Crippen molar-refractivity contribution >= 4 is 56.4 Å². The second kappa shape index (κ2) is 22.6. The van der Waals surface area contributed by atoms with Crippen LogP contribution in [0.2, 0.25) is 0 Å².